The summed E-state index contributed by atoms with van der Waals surface area (Å²) in [5.41, 5.74) is -1.36. The van der Waals surface area contributed by atoms with Gasteiger partial charge in [0.2, 0.25) is 0 Å². The molecular formula is C31H23Cl2F3N2O5S. The number of ether oxygens (including phenoxy) is 3. The summed E-state index contributed by atoms with van der Waals surface area (Å²) < 4.78 is 60.4. The van der Waals surface area contributed by atoms with Gasteiger partial charge in [0.15, 0.2) is 22.0 Å². The van der Waals surface area contributed by atoms with Gasteiger partial charge in [-0.15, -0.1) is 0 Å². The molecule has 2 heterocycles. The van der Waals surface area contributed by atoms with Crippen LogP contribution in [0.15, 0.2) is 87.8 Å². The number of methoxy groups -OCH3 is 1. The summed E-state index contributed by atoms with van der Waals surface area (Å²) in [5.74, 6) is -0.663. The predicted molar refractivity (Wildman–Crippen MR) is 161 cm³/mol. The molecule has 0 spiro atoms. The fourth-order valence-electron chi connectivity index (χ4n) is 4.65. The van der Waals surface area contributed by atoms with Crippen LogP contribution in [0.2, 0.25) is 10.0 Å². The molecule has 0 fully saturated rings. The number of carbonyl (C=O) groups is 1. The molecule has 4 aromatic rings. The minimum absolute atomic E-state index is 0.0467. The highest BCUT2D eigenvalue weighted by Gasteiger charge is 2.45. The Morgan fingerprint density at radius 1 is 1.09 bits per heavy atom. The third kappa shape index (κ3) is 6.40. The number of alkyl halides is 3. The molecule has 0 N–H and O–H groups in total. The standard InChI is InChI=1S/C31H23Cl2F3N2O5S/c1-3-42-29(40)24-25(19-9-11-20(32)12-10-19)38-28(39)23(44-30(38)37-27(24)31(34,35)36)15-18-13-21(33)26(22(14-18)41-2)43-16-17-7-5-4-6-8-17/h4-15,25H,3,16H2,1-2H3/b23-15-/t25-/m1/s1. The second kappa shape index (κ2) is 12.9. The Morgan fingerprint density at radius 2 is 1.80 bits per heavy atom. The highest BCUT2D eigenvalue weighted by atomic mass is 35.5. The first kappa shape index (κ1) is 31.4. The lowest BCUT2D eigenvalue weighted by Gasteiger charge is -2.26. The molecule has 0 saturated carbocycles. The third-order valence-corrected chi connectivity index (χ3v) is 8.07. The van der Waals surface area contributed by atoms with E-state index in [1.165, 1.54) is 44.4 Å². The lowest BCUT2D eigenvalue weighted by Crippen LogP contribution is -2.41. The van der Waals surface area contributed by atoms with Gasteiger partial charge in [0.1, 0.15) is 6.61 Å². The molecule has 0 radical (unpaired) electrons. The van der Waals surface area contributed by atoms with Crippen molar-refractivity contribution in [3.8, 4) is 11.5 Å². The maximum Gasteiger partial charge on any atom is 0.434 e. The maximum atomic E-state index is 14.3. The number of carbonyl (C=O) groups excluding carboxylic acids is 1. The van der Waals surface area contributed by atoms with Crippen molar-refractivity contribution < 1.29 is 32.2 Å². The molecule has 0 amide bonds. The van der Waals surface area contributed by atoms with Crippen LogP contribution in [0.25, 0.3) is 6.08 Å². The van der Waals surface area contributed by atoms with E-state index < -0.39 is 35.0 Å². The van der Waals surface area contributed by atoms with Gasteiger partial charge >= 0.3 is 12.1 Å². The van der Waals surface area contributed by atoms with Crippen molar-refractivity contribution in [2.24, 2.45) is 4.99 Å². The molecule has 1 aromatic heterocycles. The van der Waals surface area contributed by atoms with Crippen LogP contribution in [0.3, 0.4) is 0 Å². The fourth-order valence-corrected chi connectivity index (χ4v) is 6.05. The SMILES string of the molecule is CCOC(=O)C1=C(C(F)(F)F)N=c2s/c(=C\c3cc(Cl)c(OCc4ccccc4)c(OC)c3)c(=O)n2[C@@H]1c1ccc(Cl)cc1. The van der Waals surface area contributed by atoms with Crippen molar-refractivity contribution in [2.75, 3.05) is 13.7 Å². The van der Waals surface area contributed by atoms with Gasteiger partial charge in [0.05, 0.1) is 34.9 Å². The molecule has 5 rings (SSSR count). The van der Waals surface area contributed by atoms with Crippen molar-refractivity contribution >= 4 is 46.6 Å². The highest BCUT2D eigenvalue weighted by molar-refractivity contribution is 7.07. The number of nitrogens with zero attached hydrogens (tertiary/aromatic N) is 2. The molecule has 0 unspecified atom stereocenters. The van der Waals surface area contributed by atoms with Gasteiger partial charge in [0, 0.05) is 5.02 Å². The van der Waals surface area contributed by atoms with Crippen molar-refractivity contribution in [2.45, 2.75) is 25.7 Å². The summed E-state index contributed by atoms with van der Waals surface area (Å²) in [4.78, 5) is 30.3. The average Bonchev–Trinajstić information content (AvgIpc) is 3.30. The Kier molecular flexibility index (Phi) is 9.19. The second-order valence-corrected chi connectivity index (χ2v) is 11.3. The molecule has 0 bridgehead atoms. The number of esters is 1. The van der Waals surface area contributed by atoms with Crippen LogP contribution < -0.4 is 24.4 Å². The summed E-state index contributed by atoms with van der Waals surface area (Å²) in [6.45, 7) is 1.51. The molecule has 7 nitrogen and oxygen atoms in total. The van der Waals surface area contributed by atoms with Crippen LogP contribution in [0.5, 0.6) is 11.5 Å². The van der Waals surface area contributed by atoms with Gasteiger partial charge < -0.3 is 14.2 Å². The quantitative estimate of drug-likeness (QED) is 0.209. The van der Waals surface area contributed by atoms with Gasteiger partial charge in [-0.2, -0.15) is 13.2 Å². The van der Waals surface area contributed by atoms with Crippen LogP contribution in [0.1, 0.15) is 29.7 Å². The van der Waals surface area contributed by atoms with E-state index in [0.717, 1.165) is 21.5 Å². The number of halogens is 5. The van der Waals surface area contributed by atoms with Crippen LogP contribution in [-0.2, 0) is 16.1 Å². The van der Waals surface area contributed by atoms with Crippen molar-refractivity contribution in [1.82, 2.24) is 4.57 Å². The fraction of sp³-hybridized carbons (Fsp3) is 0.194. The largest absolute Gasteiger partial charge is 0.493 e. The Hall–Kier alpha value is -4.06. The zero-order valence-corrected chi connectivity index (χ0v) is 25.5. The van der Waals surface area contributed by atoms with E-state index >= 15 is 0 Å². The van der Waals surface area contributed by atoms with Gasteiger partial charge in [-0.25, -0.2) is 9.79 Å². The molecule has 3 aromatic carbocycles. The zero-order chi connectivity index (χ0) is 31.6. The first-order chi connectivity index (χ1) is 21.0. The van der Waals surface area contributed by atoms with E-state index in [2.05, 4.69) is 4.99 Å². The highest BCUT2D eigenvalue weighted by Crippen LogP contribution is 2.39. The van der Waals surface area contributed by atoms with Gasteiger partial charge in [-0.05, 0) is 54.0 Å². The molecule has 44 heavy (non-hydrogen) atoms. The van der Waals surface area contributed by atoms with Crippen molar-refractivity contribution in [3.63, 3.8) is 0 Å². The smallest absolute Gasteiger partial charge is 0.434 e. The van der Waals surface area contributed by atoms with Gasteiger partial charge in [0.25, 0.3) is 5.56 Å². The van der Waals surface area contributed by atoms with E-state index in [9.17, 15) is 22.8 Å². The normalized spacial score (nSPS) is 15.1. The summed E-state index contributed by atoms with van der Waals surface area (Å²) in [6, 6.07) is 16.9. The lowest BCUT2D eigenvalue weighted by atomic mass is 9.95. The van der Waals surface area contributed by atoms with Crippen molar-refractivity contribution in [3.05, 3.63) is 124 Å². The van der Waals surface area contributed by atoms with E-state index in [1.54, 1.807) is 12.1 Å². The first-order valence-electron chi connectivity index (χ1n) is 13.1. The number of thiazole rings is 1. The second-order valence-electron chi connectivity index (χ2n) is 9.42. The zero-order valence-electron chi connectivity index (χ0n) is 23.2. The minimum Gasteiger partial charge on any atom is -0.493 e. The molecule has 0 saturated heterocycles. The number of fused-ring (bicyclic) bond motifs is 1. The summed E-state index contributed by atoms with van der Waals surface area (Å²) in [5, 5.41) is 0.517. The van der Waals surface area contributed by atoms with E-state index in [1.807, 2.05) is 30.3 Å². The van der Waals surface area contributed by atoms with Gasteiger partial charge in [-0.1, -0.05) is 77.0 Å². The number of rotatable bonds is 8. The minimum atomic E-state index is -5.02. The van der Waals surface area contributed by atoms with Crippen LogP contribution >= 0.6 is 34.5 Å². The summed E-state index contributed by atoms with van der Waals surface area (Å²) in [7, 11) is 1.43. The molecule has 13 heteroatoms. The van der Waals surface area contributed by atoms with Crippen LogP contribution in [0.4, 0.5) is 13.2 Å². The number of hydrogen-bond acceptors (Lipinski definition) is 7. The maximum absolute atomic E-state index is 14.3. The molecule has 1 aliphatic rings. The summed E-state index contributed by atoms with van der Waals surface area (Å²) >= 11 is 13.3. The number of benzene rings is 3. The molecule has 0 aliphatic carbocycles. The molecule has 1 atom stereocenters. The number of hydrogen-bond donors (Lipinski definition) is 0. The topological polar surface area (TPSA) is 79.1 Å². The Labute approximate surface area is 263 Å². The van der Waals surface area contributed by atoms with E-state index in [4.69, 9.17) is 37.4 Å². The number of allylic oxidation sites excluding steroid dienone is 1. The predicted octanol–water partition coefficient (Wildman–Crippen LogP) is 6.24. The Bertz CT molecular complexity index is 1920. The summed E-state index contributed by atoms with van der Waals surface area (Å²) in [6.07, 6.45) is -3.56. The molecule has 228 valence electrons. The molecular weight excluding hydrogens is 640 g/mol. The first-order valence-corrected chi connectivity index (χ1v) is 14.7. The Morgan fingerprint density at radius 3 is 2.43 bits per heavy atom. The van der Waals surface area contributed by atoms with Crippen molar-refractivity contribution in [1.29, 1.82) is 0 Å². The number of aromatic nitrogens is 1. The van der Waals surface area contributed by atoms with E-state index in [-0.39, 0.29) is 44.6 Å². The van der Waals surface area contributed by atoms with Crippen LogP contribution in [0, 0.1) is 0 Å². The molecule has 1 aliphatic heterocycles. The average molecular weight is 664 g/mol. The third-order valence-electron chi connectivity index (χ3n) is 6.56. The monoisotopic (exact) mass is 662 g/mol. The lowest BCUT2D eigenvalue weighted by molar-refractivity contribution is -0.140. The Balaban J connectivity index is 1.65. The van der Waals surface area contributed by atoms with Gasteiger partial charge in [-0.3, -0.25) is 9.36 Å². The van der Waals surface area contributed by atoms with Crippen LogP contribution in [-0.4, -0.2) is 30.4 Å². The van der Waals surface area contributed by atoms with E-state index in [0.29, 0.717) is 10.6 Å².